The predicted molar refractivity (Wildman–Crippen MR) is 85.6 cm³/mol. The van der Waals surface area contributed by atoms with Crippen molar-refractivity contribution >= 4 is 40.6 Å². The van der Waals surface area contributed by atoms with Crippen molar-refractivity contribution in [3.63, 3.8) is 0 Å². The van der Waals surface area contributed by atoms with E-state index in [1.54, 1.807) is 25.1 Å². The van der Waals surface area contributed by atoms with Gasteiger partial charge in [0.2, 0.25) is 5.91 Å². The van der Waals surface area contributed by atoms with E-state index in [0.29, 0.717) is 21.6 Å². The Bertz CT molecular complexity index is 673. The lowest BCUT2D eigenvalue weighted by Crippen LogP contribution is -2.23. The Kier molecular flexibility index (Phi) is 4.74. The molecule has 1 atom stereocenters. The maximum atomic E-state index is 12.2. The van der Waals surface area contributed by atoms with E-state index in [1.807, 2.05) is 18.5 Å². The first-order valence-electron chi connectivity index (χ1n) is 6.27. The summed E-state index contributed by atoms with van der Waals surface area (Å²) in [6, 6.07) is 4.95. The van der Waals surface area contributed by atoms with Crippen LogP contribution in [0.5, 0.6) is 0 Å². The molecule has 1 amide bonds. The number of benzene rings is 1. The van der Waals surface area contributed by atoms with Gasteiger partial charge in [-0.2, -0.15) is 0 Å². The van der Waals surface area contributed by atoms with Gasteiger partial charge in [0.25, 0.3) is 0 Å². The maximum absolute atomic E-state index is 12.2. The largest absolute Gasteiger partial charge is 0.397 e. The van der Waals surface area contributed by atoms with Crippen molar-refractivity contribution < 1.29 is 4.79 Å². The van der Waals surface area contributed by atoms with Gasteiger partial charge in [0, 0.05) is 12.1 Å². The number of rotatable bonds is 4. The van der Waals surface area contributed by atoms with E-state index in [0.717, 1.165) is 5.82 Å². The van der Waals surface area contributed by atoms with Crippen molar-refractivity contribution in [1.29, 1.82) is 0 Å². The molecular formula is C13H16ClN5OS. The van der Waals surface area contributed by atoms with Crippen LogP contribution in [-0.2, 0) is 11.8 Å². The van der Waals surface area contributed by atoms with Crippen LogP contribution in [0.4, 0.5) is 11.4 Å². The summed E-state index contributed by atoms with van der Waals surface area (Å²) < 4.78 is 1.84. The minimum Gasteiger partial charge on any atom is -0.397 e. The number of halogens is 1. The second-order valence-electron chi connectivity index (χ2n) is 4.57. The molecule has 1 aromatic heterocycles. The molecule has 0 bridgehead atoms. The van der Waals surface area contributed by atoms with Crippen molar-refractivity contribution in [3.05, 3.63) is 29.0 Å². The number of nitrogens with zero attached hydrogens (tertiary/aromatic N) is 3. The van der Waals surface area contributed by atoms with Crippen LogP contribution in [0.3, 0.4) is 0 Å². The Morgan fingerprint density at radius 1 is 1.48 bits per heavy atom. The van der Waals surface area contributed by atoms with Crippen molar-refractivity contribution in [2.24, 2.45) is 7.05 Å². The molecule has 2 aromatic rings. The van der Waals surface area contributed by atoms with Crippen LogP contribution in [0.15, 0.2) is 23.4 Å². The molecule has 0 saturated carbocycles. The Morgan fingerprint density at radius 2 is 2.19 bits per heavy atom. The smallest absolute Gasteiger partial charge is 0.237 e. The molecule has 0 spiro atoms. The summed E-state index contributed by atoms with van der Waals surface area (Å²) in [4.78, 5) is 12.2. The number of nitrogens with one attached hydrogen (secondary N) is 1. The van der Waals surface area contributed by atoms with Gasteiger partial charge in [-0.05, 0) is 32.0 Å². The van der Waals surface area contributed by atoms with Gasteiger partial charge in [-0.15, -0.1) is 10.2 Å². The quantitative estimate of drug-likeness (QED) is 0.666. The molecule has 112 valence electrons. The highest BCUT2D eigenvalue weighted by Crippen LogP contribution is 2.26. The molecule has 0 aliphatic carbocycles. The zero-order chi connectivity index (χ0) is 15.6. The Morgan fingerprint density at radius 3 is 2.81 bits per heavy atom. The minimum absolute atomic E-state index is 0.172. The number of anilines is 2. The van der Waals surface area contributed by atoms with Gasteiger partial charge in [-0.25, -0.2) is 0 Å². The zero-order valence-electron chi connectivity index (χ0n) is 11.9. The first-order valence-corrected chi connectivity index (χ1v) is 7.52. The summed E-state index contributed by atoms with van der Waals surface area (Å²) in [6.45, 7) is 3.65. The molecule has 0 aliphatic rings. The number of aromatic nitrogens is 3. The second kappa shape index (κ2) is 6.36. The highest BCUT2D eigenvalue weighted by molar-refractivity contribution is 8.00. The third kappa shape index (κ3) is 3.68. The van der Waals surface area contributed by atoms with Gasteiger partial charge >= 0.3 is 0 Å². The standard InChI is InChI=1S/C13H16ClN5OS/c1-7(21-13-18-17-8(2)19(13)3)12(20)16-11-6-9(14)4-5-10(11)15/h4-7H,15H2,1-3H3,(H,16,20). The van der Waals surface area contributed by atoms with Crippen LogP contribution in [0.2, 0.25) is 5.02 Å². The first kappa shape index (κ1) is 15.7. The molecule has 0 aliphatic heterocycles. The SMILES string of the molecule is Cc1nnc(SC(C)C(=O)Nc2cc(Cl)ccc2N)n1C. The predicted octanol–water partition coefficient (Wildman–Crippen LogP) is 2.48. The van der Waals surface area contributed by atoms with Crippen LogP contribution in [0.25, 0.3) is 0 Å². The molecule has 0 fully saturated rings. The molecule has 0 radical (unpaired) electrons. The number of hydrogen-bond donors (Lipinski definition) is 2. The summed E-state index contributed by atoms with van der Waals surface area (Å²) in [5, 5.41) is 11.6. The average molecular weight is 326 g/mol. The second-order valence-corrected chi connectivity index (χ2v) is 6.31. The van der Waals surface area contributed by atoms with Gasteiger partial charge in [-0.1, -0.05) is 23.4 Å². The lowest BCUT2D eigenvalue weighted by Gasteiger charge is -2.13. The summed E-state index contributed by atoms with van der Waals surface area (Å²) in [7, 11) is 1.86. The summed E-state index contributed by atoms with van der Waals surface area (Å²) in [6.07, 6.45) is 0. The number of amides is 1. The summed E-state index contributed by atoms with van der Waals surface area (Å²) in [5.74, 6) is 0.624. The summed E-state index contributed by atoms with van der Waals surface area (Å²) in [5.41, 5.74) is 6.79. The van der Waals surface area contributed by atoms with Gasteiger partial charge in [0.15, 0.2) is 5.16 Å². The molecular weight excluding hydrogens is 310 g/mol. The number of hydrogen-bond acceptors (Lipinski definition) is 5. The number of nitrogen functional groups attached to an aromatic ring is 1. The highest BCUT2D eigenvalue weighted by Gasteiger charge is 2.18. The third-order valence-corrected chi connectivity index (χ3v) is 4.35. The molecule has 3 N–H and O–H groups in total. The molecule has 1 heterocycles. The molecule has 0 saturated heterocycles. The number of nitrogens with two attached hydrogens (primary N) is 1. The number of aryl methyl sites for hydroxylation is 1. The van der Waals surface area contributed by atoms with Crippen LogP contribution in [0.1, 0.15) is 12.7 Å². The molecule has 1 unspecified atom stereocenters. The van der Waals surface area contributed by atoms with Crippen LogP contribution < -0.4 is 11.1 Å². The van der Waals surface area contributed by atoms with Gasteiger partial charge in [-0.3, -0.25) is 4.79 Å². The van der Waals surface area contributed by atoms with Gasteiger partial charge < -0.3 is 15.6 Å². The Labute approximate surface area is 132 Å². The molecule has 21 heavy (non-hydrogen) atoms. The number of thioether (sulfide) groups is 1. The van der Waals surface area contributed by atoms with Gasteiger partial charge in [0.1, 0.15) is 5.82 Å². The number of carbonyl (C=O) groups excluding carboxylic acids is 1. The van der Waals surface area contributed by atoms with E-state index in [1.165, 1.54) is 11.8 Å². The molecule has 1 aromatic carbocycles. The van der Waals surface area contributed by atoms with Crippen LogP contribution >= 0.6 is 23.4 Å². The zero-order valence-corrected chi connectivity index (χ0v) is 13.5. The highest BCUT2D eigenvalue weighted by atomic mass is 35.5. The van der Waals surface area contributed by atoms with Crippen molar-refractivity contribution in [2.45, 2.75) is 24.3 Å². The Balaban J connectivity index is 2.06. The Hall–Kier alpha value is -1.73. The van der Waals surface area contributed by atoms with Crippen LogP contribution in [0, 0.1) is 6.92 Å². The lowest BCUT2D eigenvalue weighted by atomic mass is 10.2. The monoisotopic (exact) mass is 325 g/mol. The maximum Gasteiger partial charge on any atom is 0.237 e. The third-order valence-electron chi connectivity index (χ3n) is 2.98. The fourth-order valence-corrected chi connectivity index (χ4v) is 2.61. The molecule has 6 nitrogen and oxygen atoms in total. The van der Waals surface area contributed by atoms with Crippen LogP contribution in [-0.4, -0.2) is 25.9 Å². The summed E-state index contributed by atoms with van der Waals surface area (Å²) >= 11 is 7.23. The van der Waals surface area contributed by atoms with E-state index in [4.69, 9.17) is 17.3 Å². The molecule has 8 heteroatoms. The van der Waals surface area contributed by atoms with Crippen molar-refractivity contribution in [2.75, 3.05) is 11.1 Å². The number of carbonyl (C=O) groups is 1. The van der Waals surface area contributed by atoms with E-state index < -0.39 is 0 Å². The van der Waals surface area contributed by atoms with Crippen molar-refractivity contribution in [1.82, 2.24) is 14.8 Å². The molecule has 2 rings (SSSR count). The topological polar surface area (TPSA) is 85.8 Å². The fourth-order valence-electron chi connectivity index (χ4n) is 1.57. The normalized spacial score (nSPS) is 12.2. The van der Waals surface area contributed by atoms with E-state index in [9.17, 15) is 4.79 Å². The minimum atomic E-state index is -0.342. The van der Waals surface area contributed by atoms with Gasteiger partial charge in [0.05, 0.1) is 16.6 Å². The lowest BCUT2D eigenvalue weighted by molar-refractivity contribution is -0.115. The van der Waals surface area contributed by atoms with E-state index in [-0.39, 0.29) is 11.2 Å². The van der Waals surface area contributed by atoms with E-state index in [2.05, 4.69) is 15.5 Å². The fraction of sp³-hybridized carbons (Fsp3) is 0.308. The van der Waals surface area contributed by atoms with E-state index >= 15 is 0 Å². The first-order chi connectivity index (χ1) is 9.88. The average Bonchev–Trinajstić information content (AvgIpc) is 2.74. The van der Waals surface area contributed by atoms with Crippen molar-refractivity contribution in [3.8, 4) is 0 Å².